The van der Waals surface area contributed by atoms with E-state index in [2.05, 4.69) is 10.3 Å². The number of nitrogens with zero attached hydrogens (tertiary/aromatic N) is 1. The molecule has 2 aliphatic carbocycles. The normalized spacial score (nSPS) is 27.0. The Bertz CT molecular complexity index is 750. The Morgan fingerprint density at radius 3 is 2.65 bits per heavy atom. The Labute approximate surface area is 135 Å². The van der Waals surface area contributed by atoms with Crippen molar-refractivity contribution in [1.29, 1.82) is 0 Å². The SMILES string of the molecule is O=C(Nc1cccc2ncccc12)C1C[C@H]2CCC[C@@H](C1)C2=O. The van der Waals surface area contributed by atoms with Gasteiger partial charge in [0.15, 0.2) is 0 Å². The van der Waals surface area contributed by atoms with Crippen LogP contribution in [-0.4, -0.2) is 16.7 Å². The zero-order valence-electron chi connectivity index (χ0n) is 13.0. The molecule has 1 unspecified atom stereocenters. The number of aromatic nitrogens is 1. The summed E-state index contributed by atoms with van der Waals surface area (Å²) in [5.74, 6) is 0.607. The van der Waals surface area contributed by atoms with Crippen molar-refractivity contribution in [2.24, 2.45) is 17.8 Å². The van der Waals surface area contributed by atoms with Gasteiger partial charge in [-0.2, -0.15) is 0 Å². The summed E-state index contributed by atoms with van der Waals surface area (Å²) >= 11 is 0. The summed E-state index contributed by atoms with van der Waals surface area (Å²) < 4.78 is 0. The molecule has 2 fully saturated rings. The maximum absolute atomic E-state index is 12.7. The van der Waals surface area contributed by atoms with Gasteiger partial charge >= 0.3 is 0 Å². The first-order chi connectivity index (χ1) is 11.2. The highest BCUT2D eigenvalue weighted by atomic mass is 16.2. The molecule has 23 heavy (non-hydrogen) atoms. The number of rotatable bonds is 2. The predicted molar refractivity (Wildman–Crippen MR) is 88.9 cm³/mol. The molecular formula is C19H20N2O2. The molecule has 0 radical (unpaired) electrons. The molecule has 2 bridgehead atoms. The molecule has 4 heteroatoms. The molecular weight excluding hydrogens is 288 g/mol. The standard InChI is InChI=1S/C19H20N2O2/c22-18-12-4-1-5-13(18)11-14(10-12)19(23)21-17-8-2-7-16-15(17)6-3-9-20-16/h2-3,6-9,12-14H,1,4-5,10-11H2,(H,21,23)/t12-,13+,14?. The van der Waals surface area contributed by atoms with Gasteiger partial charge in [-0.3, -0.25) is 14.6 Å². The van der Waals surface area contributed by atoms with Crippen molar-refractivity contribution in [2.75, 3.05) is 5.32 Å². The molecule has 1 amide bonds. The number of amides is 1. The molecule has 2 aromatic rings. The summed E-state index contributed by atoms with van der Waals surface area (Å²) in [4.78, 5) is 29.2. The highest BCUT2D eigenvalue weighted by Crippen LogP contribution is 2.40. The number of hydrogen-bond acceptors (Lipinski definition) is 3. The minimum Gasteiger partial charge on any atom is -0.325 e. The van der Waals surface area contributed by atoms with Gasteiger partial charge in [-0.05, 0) is 49.9 Å². The summed E-state index contributed by atoms with van der Waals surface area (Å²) in [5.41, 5.74) is 1.68. The molecule has 4 rings (SSSR count). The third kappa shape index (κ3) is 2.62. The van der Waals surface area contributed by atoms with Crippen molar-refractivity contribution < 1.29 is 9.59 Å². The number of carbonyl (C=O) groups is 2. The summed E-state index contributed by atoms with van der Waals surface area (Å²) in [7, 11) is 0. The van der Waals surface area contributed by atoms with E-state index in [1.54, 1.807) is 6.20 Å². The fourth-order valence-corrected chi connectivity index (χ4v) is 4.14. The zero-order valence-corrected chi connectivity index (χ0v) is 13.0. The van der Waals surface area contributed by atoms with E-state index in [0.717, 1.165) is 35.9 Å². The largest absolute Gasteiger partial charge is 0.325 e. The van der Waals surface area contributed by atoms with Crippen molar-refractivity contribution in [1.82, 2.24) is 4.98 Å². The molecule has 1 N–H and O–H groups in total. The molecule has 0 aliphatic heterocycles. The first kappa shape index (κ1) is 14.4. The number of Topliss-reactive ketones (excluding diaryl/α,β-unsaturated/α-hetero) is 1. The number of fused-ring (bicyclic) bond motifs is 3. The quantitative estimate of drug-likeness (QED) is 0.922. The Hall–Kier alpha value is -2.23. The van der Waals surface area contributed by atoms with Crippen LogP contribution in [0.4, 0.5) is 5.69 Å². The summed E-state index contributed by atoms with van der Waals surface area (Å²) in [6, 6.07) is 9.61. The molecule has 0 spiro atoms. The maximum Gasteiger partial charge on any atom is 0.227 e. The van der Waals surface area contributed by atoms with Crippen LogP contribution in [0.1, 0.15) is 32.1 Å². The van der Waals surface area contributed by atoms with Crippen LogP contribution in [0.15, 0.2) is 36.5 Å². The number of anilines is 1. The molecule has 1 aromatic carbocycles. The van der Waals surface area contributed by atoms with Crippen LogP contribution in [0.3, 0.4) is 0 Å². The number of benzene rings is 1. The molecule has 3 atom stereocenters. The minimum atomic E-state index is -0.0464. The van der Waals surface area contributed by atoms with Gasteiger partial charge in [0, 0.05) is 29.3 Å². The van der Waals surface area contributed by atoms with Gasteiger partial charge in [-0.15, -0.1) is 0 Å². The second-order valence-corrected chi connectivity index (χ2v) is 6.76. The Morgan fingerprint density at radius 2 is 1.87 bits per heavy atom. The summed E-state index contributed by atoms with van der Waals surface area (Å²) in [5, 5.41) is 4.02. The van der Waals surface area contributed by atoms with Gasteiger partial charge in [-0.1, -0.05) is 12.5 Å². The van der Waals surface area contributed by atoms with Gasteiger partial charge < -0.3 is 5.32 Å². The maximum atomic E-state index is 12.7. The van der Waals surface area contributed by atoms with Crippen LogP contribution in [0.2, 0.25) is 0 Å². The van der Waals surface area contributed by atoms with Gasteiger partial charge in [0.1, 0.15) is 5.78 Å². The van der Waals surface area contributed by atoms with Crippen LogP contribution in [0.5, 0.6) is 0 Å². The molecule has 0 saturated heterocycles. The average Bonchev–Trinajstić information content (AvgIpc) is 2.55. The lowest BCUT2D eigenvalue weighted by molar-refractivity contribution is -0.136. The lowest BCUT2D eigenvalue weighted by Crippen LogP contribution is -2.40. The van der Waals surface area contributed by atoms with E-state index in [0.29, 0.717) is 18.6 Å². The van der Waals surface area contributed by atoms with E-state index in [9.17, 15) is 9.59 Å². The van der Waals surface area contributed by atoms with E-state index in [4.69, 9.17) is 0 Å². The first-order valence-electron chi connectivity index (χ1n) is 8.40. The fraction of sp³-hybridized carbons (Fsp3) is 0.421. The summed E-state index contributed by atoms with van der Waals surface area (Å²) in [6.07, 6.45) is 6.22. The second kappa shape index (κ2) is 5.76. The molecule has 118 valence electrons. The Balaban J connectivity index is 1.55. The number of hydrogen-bond donors (Lipinski definition) is 1. The second-order valence-electron chi connectivity index (χ2n) is 6.76. The molecule has 4 nitrogen and oxygen atoms in total. The number of carbonyl (C=O) groups excluding carboxylic acids is 2. The number of ketones is 1. The average molecular weight is 308 g/mol. The highest BCUT2D eigenvalue weighted by molar-refractivity contribution is 6.02. The van der Waals surface area contributed by atoms with Gasteiger partial charge in [-0.25, -0.2) is 0 Å². The van der Waals surface area contributed by atoms with E-state index in [1.165, 1.54) is 0 Å². The van der Waals surface area contributed by atoms with Crippen molar-refractivity contribution >= 4 is 28.3 Å². The Kier molecular flexibility index (Phi) is 3.60. The third-order valence-electron chi connectivity index (χ3n) is 5.32. The third-order valence-corrected chi connectivity index (χ3v) is 5.32. The molecule has 1 aromatic heterocycles. The molecule has 2 saturated carbocycles. The Morgan fingerprint density at radius 1 is 1.09 bits per heavy atom. The van der Waals surface area contributed by atoms with E-state index < -0.39 is 0 Å². The van der Waals surface area contributed by atoms with Crippen LogP contribution < -0.4 is 5.32 Å². The van der Waals surface area contributed by atoms with Crippen LogP contribution >= 0.6 is 0 Å². The minimum absolute atomic E-state index is 0.0464. The first-order valence-corrected chi connectivity index (χ1v) is 8.40. The number of nitrogens with one attached hydrogen (secondary N) is 1. The van der Waals surface area contributed by atoms with Crippen molar-refractivity contribution in [3.05, 3.63) is 36.5 Å². The van der Waals surface area contributed by atoms with Gasteiger partial charge in [0.05, 0.1) is 11.2 Å². The zero-order chi connectivity index (χ0) is 15.8. The van der Waals surface area contributed by atoms with Gasteiger partial charge in [0.25, 0.3) is 0 Å². The van der Waals surface area contributed by atoms with E-state index >= 15 is 0 Å². The fourth-order valence-electron chi connectivity index (χ4n) is 4.14. The van der Waals surface area contributed by atoms with Crippen molar-refractivity contribution in [3.8, 4) is 0 Å². The lowest BCUT2D eigenvalue weighted by atomic mass is 9.67. The van der Waals surface area contributed by atoms with E-state index in [-0.39, 0.29) is 23.7 Å². The van der Waals surface area contributed by atoms with Crippen LogP contribution in [0, 0.1) is 17.8 Å². The van der Waals surface area contributed by atoms with Gasteiger partial charge in [0.2, 0.25) is 5.91 Å². The smallest absolute Gasteiger partial charge is 0.227 e. The number of pyridine rings is 1. The van der Waals surface area contributed by atoms with Crippen molar-refractivity contribution in [2.45, 2.75) is 32.1 Å². The lowest BCUT2D eigenvalue weighted by Gasteiger charge is -2.37. The van der Waals surface area contributed by atoms with Crippen molar-refractivity contribution in [3.63, 3.8) is 0 Å². The van der Waals surface area contributed by atoms with Crippen LogP contribution in [0.25, 0.3) is 10.9 Å². The summed E-state index contributed by atoms with van der Waals surface area (Å²) in [6.45, 7) is 0. The monoisotopic (exact) mass is 308 g/mol. The topological polar surface area (TPSA) is 59.1 Å². The van der Waals surface area contributed by atoms with Crippen LogP contribution in [-0.2, 0) is 9.59 Å². The highest BCUT2D eigenvalue weighted by Gasteiger charge is 2.41. The predicted octanol–water partition coefficient (Wildman–Crippen LogP) is 3.57. The molecule has 1 heterocycles. The van der Waals surface area contributed by atoms with E-state index in [1.807, 2.05) is 30.3 Å². The molecule has 2 aliphatic rings.